The van der Waals surface area contributed by atoms with E-state index in [9.17, 15) is 4.79 Å². The van der Waals surface area contributed by atoms with E-state index < -0.39 is 6.04 Å². The van der Waals surface area contributed by atoms with E-state index in [0.29, 0.717) is 6.42 Å². The molecule has 0 aliphatic heterocycles. The summed E-state index contributed by atoms with van der Waals surface area (Å²) in [6.07, 6.45) is 2.71. The Balaban J connectivity index is 2.58. The van der Waals surface area contributed by atoms with Gasteiger partial charge in [0.15, 0.2) is 0 Å². The number of hydrogen-bond donors (Lipinski definition) is 2. The van der Waals surface area contributed by atoms with Crippen molar-refractivity contribution in [3.63, 3.8) is 0 Å². The number of thioether (sulfide) groups is 1. The Bertz CT molecular complexity index is 393. The molecule has 1 atom stereocenters. The van der Waals surface area contributed by atoms with Crippen LogP contribution >= 0.6 is 11.8 Å². The van der Waals surface area contributed by atoms with E-state index in [-0.39, 0.29) is 5.91 Å². The molecule has 0 bridgehead atoms. The SMILES string of the molecule is CSCC[C@@H](N)C(=O)Nc1ccc(C)c(C)c1. The summed E-state index contributed by atoms with van der Waals surface area (Å²) in [6.45, 7) is 4.07. The van der Waals surface area contributed by atoms with Gasteiger partial charge in [-0.1, -0.05) is 6.07 Å². The second-order valence-corrected chi connectivity index (χ2v) is 5.16. The lowest BCUT2D eigenvalue weighted by atomic mass is 10.1. The summed E-state index contributed by atoms with van der Waals surface area (Å²) in [4.78, 5) is 11.8. The first-order chi connectivity index (χ1) is 8.04. The monoisotopic (exact) mass is 252 g/mol. The number of carbonyl (C=O) groups excluding carboxylic acids is 1. The lowest BCUT2D eigenvalue weighted by Crippen LogP contribution is -2.36. The predicted octanol–water partition coefficient (Wildman–Crippen LogP) is 2.32. The largest absolute Gasteiger partial charge is 0.325 e. The Kier molecular flexibility index (Phi) is 5.51. The lowest BCUT2D eigenvalue weighted by Gasteiger charge is -2.12. The lowest BCUT2D eigenvalue weighted by molar-refractivity contribution is -0.117. The van der Waals surface area contributed by atoms with E-state index in [0.717, 1.165) is 11.4 Å². The van der Waals surface area contributed by atoms with Crippen LogP contribution < -0.4 is 11.1 Å². The molecule has 94 valence electrons. The third-order valence-electron chi connectivity index (χ3n) is 2.74. The Morgan fingerprint density at radius 3 is 2.71 bits per heavy atom. The van der Waals surface area contributed by atoms with E-state index in [1.807, 2.05) is 38.3 Å². The first-order valence-corrected chi connectivity index (χ1v) is 7.06. The molecule has 0 aliphatic carbocycles. The molecule has 1 amide bonds. The van der Waals surface area contributed by atoms with Crippen LogP contribution in [0, 0.1) is 13.8 Å². The van der Waals surface area contributed by atoms with Crippen molar-refractivity contribution in [3.05, 3.63) is 29.3 Å². The maximum Gasteiger partial charge on any atom is 0.241 e. The van der Waals surface area contributed by atoms with E-state index in [2.05, 4.69) is 5.32 Å². The van der Waals surface area contributed by atoms with Crippen LogP contribution in [0.5, 0.6) is 0 Å². The molecule has 1 aromatic rings. The van der Waals surface area contributed by atoms with Crippen molar-refractivity contribution >= 4 is 23.4 Å². The molecule has 0 radical (unpaired) electrons. The molecule has 0 spiro atoms. The minimum Gasteiger partial charge on any atom is -0.325 e. The quantitative estimate of drug-likeness (QED) is 0.845. The maximum absolute atomic E-state index is 11.8. The maximum atomic E-state index is 11.8. The number of nitrogens with one attached hydrogen (secondary N) is 1. The summed E-state index contributed by atoms with van der Waals surface area (Å²) >= 11 is 1.70. The van der Waals surface area contributed by atoms with Crippen LogP contribution in [-0.2, 0) is 4.79 Å². The highest BCUT2D eigenvalue weighted by Crippen LogP contribution is 2.14. The van der Waals surface area contributed by atoms with Gasteiger partial charge in [-0.25, -0.2) is 0 Å². The molecule has 1 aromatic carbocycles. The van der Waals surface area contributed by atoms with E-state index in [1.54, 1.807) is 11.8 Å². The number of nitrogens with two attached hydrogens (primary N) is 1. The van der Waals surface area contributed by atoms with Crippen LogP contribution in [0.2, 0.25) is 0 Å². The third kappa shape index (κ3) is 4.40. The van der Waals surface area contributed by atoms with Crippen molar-refractivity contribution < 1.29 is 4.79 Å². The number of carbonyl (C=O) groups is 1. The summed E-state index contributed by atoms with van der Waals surface area (Å²) in [5, 5.41) is 2.85. The van der Waals surface area contributed by atoms with Crippen molar-refractivity contribution in [1.82, 2.24) is 0 Å². The van der Waals surface area contributed by atoms with Crippen molar-refractivity contribution in [3.8, 4) is 0 Å². The minimum absolute atomic E-state index is 0.109. The van der Waals surface area contributed by atoms with Crippen molar-refractivity contribution in [2.75, 3.05) is 17.3 Å². The number of amides is 1. The zero-order chi connectivity index (χ0) is 12.8. The summed E-state index contributed by atoms with van der Waals surface area (Å²) in [7, 11) is 0. The van der Waals surface area contributed by atoms with Crippen LogP contribution in [0.3, 0.4) is 0 Å². The van der Waals surface area contributed by atoms with Gasteiger partial charge in [0, 0.05) is 5.69 Å². The van der Waals surface area contributed by atoms with Gasteiger partial charge < -0.3 is 11.1 Å². The Morgan fingerprint density at radius 2 is 2.12 bits per heavy atom. The molecule has 3 N–H and O–H groups in total. The fourth-order valence-corrected chi connectivity index (χ4v) is 1.92. The summed E-state index contributed by atoms with van der Waals surface area (Å²) in [5.41, 5.74) is 9.00. The zero-order valence-corrected chi connectivity index (χ0v) is 11.4. The normalized spacial score (nSPS) is 12.2. The van der Waals surface area contributed by atoms with Gasteiger partial charge in [-0.15, -0.1) is 0 Å². The second kappa shape index (κ2) is 6.67. The molecule has 0 aromatic heterocycles. The van der Waals surface area contributed by atoms with Crippen molar-refractivity contribution in [2.24, 2.45) is 5.73 Å². The number of benzene rings is 1. The summed E-state index contributed by atoms with van der Waals surface area (Å²) in [6, 6.07) is 5.44. The van der Waals surface area contributed by atoms with Gasteiger partial charge >= 0.3 is 0 Å². The zero-order valence-electron chi connectivity index (χ0n) is 10.6. The summed E-state index contributed by atoms with van der Waals surface area (Å²) < 4.78 is 0. The van der Waals surface area contributed by atoms with Crippen molar-refractivity contribution in [2.45, 2.75) is 26.3 Å². The number of rotatable bonds is 5. The first-order valence-electron chi connectivity index (χ1n) is 5.67. The Labute approximate surface area is 107 Å². The van der Waals surface area contributed by atoms with Gasteiger partial charge in [-0.05, 0) is 55.5 Å². The van der Waals surface area contributed by atoms with E-state index >= 15 is 0 Å². The molecule has 0 saturated heterocycles. The molecule has 1 rings (SSSR count). The number of anilines is 1. The highest BCUT2D eigenvalue weighted by atomic mass is 32.2. The topological polar surface area (TPSA) is 55.1 Å². The highest BCUT2D eigenvalue weighted by Gasteiger charge is 2.12. The van der Waals surface area contributed by atoms with E-state index in [1.165, 1.54) is 11.1 Å². The van der Waals surface area contributed by atoms with Crippen LogP contribution in [0.1, 0.15) is 17.5 Å². The summed E-state index contributed by atoms with van der Waals surface area (Å²) in [5.74, 6) is 0.795. The fourth-order valence-electron chi connectivity index (χ4n) is 1.43. The van der Waals surface area contributed by atoms with Gasteiger partial charge in [0.2, 0.25) is 5.91 Å². The average molecular weight is 252 g/mol. The molecule has 0 fully saturated rings. The van der Waals surface area contributed by atoms with E-state index in [4.69, 9.17) is 5.73 Å². The van der Waals surface area contributed by atoms with Gasteiger partial charge in [0.1, 0.15) is 0 Å². The third-order valence-corrected chi connectivity index (χ3v) is 3.39. The standard InChI is InChI=1S/C13H20N2OS/c1-9-4-5-11(8-10(9)2)15-13(16)12(14)6-7-17-3/h4-5,8,12H,6-7,14H2,1-3H3,(H,15,16)/t12-/m1/s1. The van der Waals surface area contributed by atoms with Crippen LogP contribution in [0.4, 0.5) is 5.69 Å². The van der Waals surface area contributed by atoms with Crippen LogP contribution in [-0.4, -0.2) is 24.0 Å². The fraction of sp³-hybridized carbons (Fsp3) is 0.462. The Hall–Kier alpha value is -1.00. The molecule has 0 unspecified atom stereocenters. The highest BCUT2D eigenvalue weighted by molar-refractivity contribution is 7.98. The minimum atomic E-state index is -0.427. The van der Waals surface area contributed by atoms with Gasteiger partial charge in [0.05, 0.1) is 6.04 Å². The molecule has 0 saturated carbocycles. The molecule has 3 nitrogen and oxygen atoms in total. The predicted molar refractivity (Wildman–Crippen MR) is 75.5 cm³/mol. The molecular weight excluding hydrogens is 232 g/mol. The van der Waals surface area contributed by atoms with Gasteiger partial charge in [0.25, 0.3) is 0 Å². The first kappa shape index (κ1) is 14.1. The molecule has 17 heavy (non-hydrogen) atoms. The average Bonchev–Trinajstić information content (AvgIpc) is 2.30. The molecule has 0 heterocycles. The van der Waals surface area contributed by atoms with Gasteiger partial charge in [-0.2, -0.15) is 11.8 Å². The molecule has 4 heteroatoms. The van der Waals surface area contributed by atoms with Crippen molar-refractivity contribution in [1.29, 1.82) is 0 Å². The number of hydrogen-bond acceptors (Lipinski definition) is 3. The molecule has 0 aliphatic rings. The van der Waals surface area contributed by atoms with Gasteiger partial charge in [-0.3, -0.25) is 4.79 Å². The smallest absolute Gasteiger partial charge is 0.241 e. The second-order valence-electron chi connectivity index (χ2n) is 4.18. The van der Waals surface area contributed by atoms with Crippen LogP contribution in [0.15, 0.2) is 18.2 Å². The number of aryl methyl sites for hydroxylation is 2. The van der Waals surface area contributed by atoms with Crippen LogP contribution in [0.25, 0.3) is 0 Å². The molecular formula is C13H20N2OS. The Morgan fingerprint density at radius 1 is 1.41 bits per heavy atom.